The Hall–Kier alpha value is -0.440. The van der Waals surface area contributed by atoms with Crippen molar-refractivity contribution in [3.05, 3.63) is 0 Å². The molecule has 6 nitrogen and oxygen atoms in total. The third-order valence-corrected chi connectivity index (χ3v) is 1.84. The van der Waals surface area contributed by atoms with Crippen LogP contribution in [0.3, 0.4) is 0 Å². The molecule has 66 valence electrons. The van der Waals surface area contributed by atoms with Gasteiger partial charge in [0.2, 0.25) is 10.0 Å². The van der Waals surface area contributed by atoms with E-state index in [0.29, 0.717) is 0 Å². The second kappa shape index (κ2) is 4.44. The third-order valence-electron chi connectivity index (χ3n) is 0.803. The summed E-state index contributed by atoms with van der Waals surface area (Å²) in [6.45, 7) is 0.155. The summed E-state index contributed by atoms with van der Waals surface area (Å²) in [6, 6.07) is 0. The number of nitrogens with two attached hydrogens (primary N) is 2. The van der Waals surface area contributed by atoms with Crippen molar-refractivity contribution in [1.29, 1.82) is 0 Å². The van der Waals surface area contributed by atoms with Crippen LogP contribution in [0.15, 0.2) is 0 Å². The highest BCUT2D eigenvalue weighted by atomic mass is 32.2. The minimum atomic E-state index is -3.42. The van der Waals surface area contributed by atoms with Crippen LogP contribution in [0.5, 0.6) is 0 Å². The van der Waals surface area contributed by atoms with E-state index in [4.69, 9.17) is 11.0 Å². The molecule has 0 radical (unpaired) electrons. The SMILES string of the molecule is NNC(=S)NCCS(N)(=O)=O. The van der Waals surface area contributed by atoms with Crippen LogP contribution in [0.2, 0.25) is 0 Å². The standard InChI is InChI=1S/C3H10N4O2S2/c4-7-3(10)6-1-2-11(5,8)9/h1-2,4H2,(H2,5,8,9)(H2,6,7,10). The van der Waals surface area contributed by atoms with Crippen LogP contribution >= 0.6 is 12.2 Å². The molecular formula is C3H10N4O2S2. The predicted octanol–water partition coefficient (Wildman–Crippen LogP) is -2.39. The second-order valence-electron chi connectivity index (χ2n) is 1.77. The van der Waals surface area contributed by atoms with Gasteiger partial charge in [0.1, 0.15) is 0 Å². The fourth-order valence-corrected chi connectivity index (χ4v) is 0.846. The Morgan fingerprint density at radius 3 is 2.45 bits per heavy atom. The van der Waals surface area contributed by atoms with E-state index in [9.17, 15) is 8.42 Å². The van der Waals surface area contributed by atoms with Gasteiger partial charge in [-0.15, -0.1) is 0 Å². The van der Waals surface area contributed by atoms with Gasteiger partial charge in [-0.25, -0.2) is 19.4 Å². The predicted molar refractivity (Wildman–Crippen MR) is 45.9 cm³/mol. The maximum absolute atomic E-state index is 10.3. The zero-order chi connectivity index (χ0) is 8.91. The molecule has 0 aliphatic heterocycles. The van der Waals surface area contributed by atoms with Crippen molar-refractivity contribution in [3.63, 3.8) is 0 Å². The van der Waals surface area contributed by atoms with Gasteiger partial charge in [0.05, 0.1) is 5.75 Å². The molecule has 0 rings (SSSR count). The molecule has 6 N–H and O–H groups in total. The zero-order valence-corrected chi connectivity index (χ0v) is 7.33. The first-order chi connectivity index (χ1) is 4.95. The number of thiocarbonyl (C=S) groups is 1. The fraction of sp³-hybridized carbons (Fsp3) is 0.667. The normalized spacial score (nSPS) is 10.7. The second-order valence-corrected chi connectivity index (χ2v) is 3.91. The highest BCUT2D eigenvalue weighted by molar-refractivity contribution is 7.89. The van der Waals surface area contributed by atoms with Crippen LogP contribution in [0.25, 0.3) is 0 Å². The number of hydrogen-bond donors (Lipinski definition) is 4. The molecule has 0 bridgehead atoms. The molecule has 0 fully saturated rings. The number of hydrogen-bond acceptors (Lipinski definition) is 4. The minimum absolute atomic E-state index is 0.155. The van der Waals surface area contributed by atoms with Crippen LogP contribution in [0.1, 0.15) is 0 Å². The average Bonchev–Trinajstić information content (AvgIpc) is 1.85. The molecule has 0 saturated heterocycles. The first-order valence-corrected chi connectivity index (χ1v) is 4.83. The Morgan fingerprint density at radius 2 is 2.09 bits per heavy atom. The lowest BCUT2D eigenvalue weighted by atomic mass is 10.7. The van der Waals surface area contributed by atoms with Crippen molar-refractivity contribution in [2.24, 2.45) is 11.0 Å². The number of nitrogens with one attached hydrogen (secondary N) is 2. The summed E-state index contributed by atoms with van der Waals surface area (Å²) in [5.74, 6) is 4.72. The molecule has 0 unspecified atom stereocenters. The van der Waals surface area contributed by atoms with Gasteiger partial charge >= 0.3 is 0 Å². The maximum Gasteiger partial charge on any atom is 0.210 e. The van der Waals surface area contributed by atoms with E-state index in [-0.39, 0.29) is 17.4 Å². The highest BCUT2D eigenvalue weighted by Gasteiger charge is 2.01. The Balaban J connectivity index is 3.51. The van der Waals surface area contributed by atoms with Crippen LogP contribution in [-0.2, 0) is 10.0 Å². The van der Waals surface area contributed by atoms with Crippen LogP contribution in [-0.4, -0.2) is 25.8 Å². The van der Waals surface area contributed by atoms with Gasteiger partial charge in [-0.3, -0.25) is 0 Å². The van der Waals surface area contributed by atoms with Crippen molar-refractivity contribution >= 4 is 27.4 Å². The average molecular weight is 198 g/mol. The number of hydrazine groups is 1. The molecule has 0 heterocycles. The lowest BCUT2D eigenvalue weighted by molar-refractivity contribution is 0.596. The van der Waals surface area contributed by atoms with Crippen molar-refractivity contribution in [3.8, 4) is 0 Å². The molecular weight excluding hydrogens is 188 g/mol. The van der Waals surface area contributed by atoms with Crippen molar-refractivity contribution < 1.29 is 8.42 Å². The van der Waals surface area contributed by atoms with E-state index in [1.807, 2.05) is 0 Å². The first kappa shape index (κ1) is 10.6. The minimum Gasteiger partial charge on any atom is -0.361 e. The van der Waals surface area contributed by atoms with Gasteiger partial charge in [-0.1, -0.05) is 0 Å². The van der Waals surface area contributed by atoms with E-state index in [2.05, 4.69) is 23.0 Å². The topological polar surface area (TPSA) is 110 Å². The van der Waals surface area contributed by atoms with E-state index in [1.54, 1.807) is 0 Å². The Labute approximate surface area is 70.3 Å². The summed E-state index contributed by atoms with van der Waals surface area (Å²) in [7, 11) is -3.42. The van der Waals surface area contributed by atoms with Crippen LogP contribution in [0, 0.1) is 0 Å². The quantitative estimate of drug-likeness (QED) is 0.229. The van der Waals surface area contributed by atoms with E-state index in [0.717, 1.165) is 0 Å². The van der Waals surface area contributed by atoms with E-state index < -0.39 is 10.0 Å². The molecule has 0 spiro atoms. The van der Waals surface area contributed by atoms with Crippen molar-refractivity contribution in [1.82, 2.24) is 10.7 Å². The monoisotopic (exact) mass is 198 g/mol. The summed E-state index contributed by atoms with van der Waals surface area (Å²) in [5, 5.41) is 7.41. The molecule has 8 heteroatoms. The Kier molecular flexibility index (Phi) is 4.26. The number of sulfonamides is 1. The van der Waals surface area contributed by atoms with Gasteiger partial charge in [-0.05, 0) is 12.2 Å². The zero-order valence-electron chi connectivity index (χ0n) is 5.70. The summed E-state index contributed by atoms with van der Waals surface area (Å²) in [6.07, 6.45) is 0. The van der Waals surface area contributed by atoms with Crippen molar-refractivity contribution in [2.75, 3.05) is 12.3 Å². The summed E-state index contributed by atoms with van der Waals surface area (Å²) < 4.78 is 20.7. The maximum atomic E-state index is 10.3. The molecule has 0 aromatic heterocycles. The molecule has 0 atom stereocenters. The summed E-state index contributed by atoms with van der Waals surface area (Å²) in [5.41, 5.74) is 2.14. The van der Waals surface area contributed by atoms with Crippen LogP contribution < -0.4 is 21.7 Å². The highest BCUT2D eigenvalue weighted by Crippen LogP contribution is 1.73. The van der Waals surface area contributed by atoms with Gasteiger partial charge in [0, 0.05) is 6.54 Å². The summed E-state index contributed by atoms with van der Waals surface area (Å²) in [4.78, 5) is 0. The summed E-state index contributed by atoms with van der Waals surface area (Å²) >= 11 is 4.56. The first-order valence-electron chi connectivity index (χ1n) is 2.70. The number of primary sulfonamides is 1. The van der Waals surface area contributed by atoms with Gasteiger partial charge in [0.25, 0.3) is 0 Å². The molecule has 0 amide bonds. The Bertz CT molecular complexity index is 223. The van der Waals surface area contributed by atoms with Crippen LogP contribution in [0.4, 0.5) is 0 Å². The van der Waals surface area contributed by atoms with Gasteiger partial charge in [-0.2, -0.15) is 0 Å². The molecule has 0 aromatic carbocycles. The van der Waals surface area contributed by atoms with E-state index in [1.165, 1.54) is 0 Å². The van der Waals surface area contributed by atoms with Gasteiger partial charge in [0.15, 0.2) is 5.11 Å². The lowest BCUT2D eigenvalue weighted by Gasteiger charge is -2.04. The number of rotatable bonds is 3. The third kappa shape index (κ3) is 7.46. The molecule has 0 aliphatic rings. The van der Waals surface area contributed by atoms with Crippen molar-refractivity contribution in [2.45, 2.75) is 0 Å². The molecule has 0 saturated carbocycles. The molecule has 11 heavy (non-hydrogen) atoms. The molecule has 0 aliphatic carbocycles. The lowest BCUT2D eigenvalue weighted by Crippen LogP contribution is -2.41. The Morgan fingerprint density at radius 1 is 1.55 bits per heavy atom. The fourth-order valence-electron chi connectivity index (χ4n) is 0.358. The van der Waals surface area contributed by atoms with Gasteiger partial charge < -0.3 is 10.7 Å². The molecule has 0 aromatic rings. The largest absolute Gasteiger partial charge is 0.361 e. The van der Waals surface area contributed by atoms with E-state index >= 15 is 0 Å². The smallest absolute Gasteiger partial charge is 0.210 e.